The summed E-state index contributed by atoms with van der Waals surface area (Å²) in [6.45, 7) is 0. The number of guanidine groups is 1. The van der Waals surface area contributed by atoms with E-state index in [1.54, 1.807) is 0 Å². The fourth-order valence-corrected chi connectivity index (χ4v) is 1.18. The topological polar surface area (TPSA) is 85.7 Å². The molecule has 1 heterocycles. The summed E-state index contributed by atoms with van der Waals surface area (Å²) in [4.78, 5) is 0. The van der Waals surface area contributed by atoms with Crippen LogP contribution in [-0.2, 0) is 0 Å². The summed E-state index contributed by atoms with van der Waals surface area (Å²) in [5.41, 5.74) is -1.14. The third-order valence-corrected chi connectivity index (χ3v) is 1.99. The number of hydrazone groups is 1. The first-order valence-electron chi connectivity index (χ1n) is 3.97. The molecule has 0 amide bonds. The molecule has 0 spiro atoms. The molecule has 1 rings (SSSR count). The molecule has 1 aliphatic rings. The largest absolute Gasteiger partial charge is 0.438 e. The first-order valence-corrected chi connectivity index (χ1v) is 3.97. The van der Waals surface area contributed by atoms with Gasteiger partial charge in [-0.1, -0.05) is 0 Å². The normalized spacial score (nSPS) is 24.6. The van der Waals surface area contributed by atoms with Crippen molar-refractivity contribution in [2.75, 3.05) is 0 Å². The van der Waals surface area contributed by atoms with Crippen LogP contribution in [0.25, 0.3) is 0 Å². The van der Waals surface area contributed by atoms with E-state index in [2.05, 4.69) is 10.8 Å². The molecule has 0 aromatic carbocycles. The van der Waals surface area contributed by atoms with Crippen LogP contribution in [0.1, 0.15) is 6.42 Å². The maximum absolute atomic E-state index is 12.4. The highest BCUT2D eigenvalue weighted by Gasteiger charge is 2.65. The van der Waals surface area contributed by atoms with Crippen molar-refractivity contribution in [3.63, 3.8) is 0 Å². The molecule has 106 valence electrons. The Morgan fingerprint density at radius 1 is 1.33 bits per heavy atom. The monoisotopic (exact) mass is 300 g/mol. The van der Waals surface area contributed by atoms with Gasteiger partial charge in [-0.3, -0.25) is 5.41 Å². The second-order valence-electron chi connectivity index (χ2n) is 3.23. The summed E-state index contributed by atoms with van der Waals surface area (Å²) in [7, 11) is 0. The Balaban J connectivity index is 0.00000289. The molecule has 0 aliphatic carbocycles. The van der Waals surface area contributed by atoms with Gasteiger partial charge in [0.1, 0.15) is 5.71 Å². The Morgan fingerprint density at radius 3 is 2.00 bits per heavy atom. The quantitative estimate of drug-likeness (QED) is 0.357. The van der Waals surface area contributed by atoms with Crippen molar-refractivity contribution in [2.45, 2.75) is 24.5 Å². The molecule has 1 aliphatic heterocycles. The third kappa shape index (κ3) is 2.61. The Hall–Kier alpha value is -1.23. The van der Waals surface area contributed by atoms with E-state index in [0.717, 1.165) is 0 Å². The van der Waals surface area contributed by atoms with Crippen LogP contribution in [0.3, 0.4) is 0 Å². The third-order valence-electron chi connectivity index (χ3n) is 1.99. The van der Waals surface area contributed by atoms with Crippen molar-refractivity contribution in [3.05, 3.63) is 0 Å². The van der Waals surface area contributed by atoms with Gasteiger partial charge in [0, 0.05) is 0 Å². The Kier molecular flexibility index (Phi) is 4.16. The van der Waals surface area contributed by atoms with Crippen molar-refractivity contribution in [2.24, 2.45) is 10.8 Å². The number of nitrogens with zero attached hydrogens (tertiary/aromatic N) is 2. The van der Waals surface area contributed by atoms with Gasteiger partial charge in [0.2, 0.25) is 5.96 Å². The van der Waals surface area contributed by atoms with Crippen LogP contribution >= 0.6 is 12.4 Å². The minimum absolute atomic E-state index is 0. The Bertz CT molecular complexity index is 379. The highest BCUT2D eigenvalue weighted by atomic mass is 35.5. The summed E-state index contributed by atoms with van der Waals surface area (Å²) in [6, 6.07) is 0. The standard InChI is InChI=1S/C6H6F6N4O.ClH/c7-5(8,9)2-1-4(17,6(10,11)12)16(15-2)3(13)14;/h17H,1H2,(H3,13,14);1H. The number of nitrogens with two attached hydrogens (primary N) is 1. The second-order valence-corrected chi connectivity index (χ2v) is 3.23. The number of halogens is 7. The first kappa shape index (κ1) is 16.8. The molecular weight excluding hydrogens is 294 g/mol. The van der Waals surface area contributed by atoms with Crippen LogP contribution in [0.2, 0.25) is 0 Å². The number of rotatable bonds is 0. The molecule has 1 unspecified atom stereocenters. The summed E-state index contributed by atoms with van der Waals surface area (Å²) >= 11 is 0. The fourth-order valence-electron chi connectivity index (χ4n) is 1.18. The predicted octanol–water partition coefficient (Wildman–Crippen LogP) is 1.18. The maximum atomic E-state index is 12.4. The van der Waals surface area contributed by atoms with Gasteiger partial charge in [-0.05, 0) is 0 Å². The molecule has 5 nitrogen and oxygen atoms in total. The lowest BCUT2D eigenvalue weighted by Crippen LogP contribution is -2.58. The van der Waals surface area contributed by atoms with E-state index >= 15 is 0 Å². The van der Waals surface area contributed by atoms with E-state index < -0.39 is 41.2 Å². The van der Waals surface area contributed by atoms with E-state index in [9.17, 15) is 26.3 Å². The number of nitrogens with one attached hydrogen (secondary N) is 1. The van der Waals surface area contributed by atoms with Gasteiger partial charge < -0.3 is 10.8 Å². The second kappa shape index (κ2) is 4.46. The van der Waals surface area contributed by atoms with Gasteiger partial charge in [0.05, 0.1) is 6.42 Å². The summed E-state index contributed by atoms with van der Waals surface area (Å²) in [5.74, 6) is -1.44. The van der Waals surface area contributed by atoms with Gasteiger partial charge in [0.15, 0.2) is 0 Å². The van der Waals surface area contributed by atoms with Gasteiger partial charge >= 0.3 is 12.4 Å². The molecule has 0 radical (unpaired) electrons. The lowest BCUT2D eigenvalue weighted by atomic mass is 10.1. The Morgan fingerprint density at radius 2 is 1.78 bits per heavy atom. The number of alkyl halides is 6. The van der Waals surface area contributed by atoms with Crippen LogP contribution in [0.5, 0.6) is 0 Å². The fraction of sp³-hybridized carbons (Fsp3) is 0.667. The van der Waals surface area contributed by atoms with E-state index in [4.69, 9.17) is 10.5 Å². The molecule has 0 aromatic rings. The molecule has 18 heavy (non-hydrogen) atoms. The van der Waals surface area contributed by atoms with Crippen molar-refractivity contribution in [1.29, 1.82) is 5.41 Å². The number of aliphatic hydroxyl groups is 1. The highest BCUT2D eigenvalue weighted by molar-refractivity contribution is 5.94. The molecule has 0 fully saturated rings. The average Bonchev–Trinajstić information content (AvgIpc) is 2.42. The van der Waals surface area contributed by atoms with Crippen LogP contribution < -0.4 is 5.73 Å². The van der Waals surface area contributed by atoms with Gasteiger partial charge in [-0.2, -0.15) is 36.5 Å². The smallest absolute Gasteiger partial charge is 0.368 e. The SMILES string of the molecule is Cl.N=C(N)N1N=C(C(F)(F)F)CC1(O)C(F)(F)F. The minimum atomic E-state index is -5.44. The molecule has 12 heteroatoms. The zero-order valence-electron chi connectivity index (χ0n) is 8.30. The average molecular weight is 301 g/mol. The summed E-state index contributed by atoms with van der Waals surface area (Å²) in [6.07, 6.45) is -12.4. The molecule has 4 N–H and O–H groups in total. The molecule has 0 bridgehead atoms. The highest BCUT2D eigenvalue weighted by Crippen LogP contribution is 2.42. The van der Waals surface area contributed by atoms with Crippen LogP contribution in [0.4, 0.5) is 26.3 Å². The molecule has 1 atom stereocenters. The van der Waals surface area contributed by atoms with Gasteiger partial charge in [-0.15, -0.1) is 12.4 Å². The van der Waals surface area contributed by atoms with Gasteiger partial charge in [0.25, 0.3) is 5.72 Å². The lowest BCUT2D eigenvalue weighted by Gasteiger charge is -2.32. The maximum Gasteiger partial charge on any atom is 0.438 e. The van der Waals surface area contributed by atoms with E-state index in [0.29, 0.717) is 0 Å². The van der Waals surface area contributed by atoms with Crippen LogP contribution in [0.15, 0.2) is 5.10 Å². The summed E-state index contributed by atoms with van der Waals surface area (Å²) < 4.78 is 73.8. The van der Waals surface area contributed by atoms with E-state index in [-0.39, 0.29) is 12.4 Å². The molecule has 0 aromatic heterocycles. The van der Waals surface area contributed by atoms with Gasteiger partial charge in [-0.25, -0.2) is 0 Å². The van der Waals surface area contributed by atoms with E-state index in [1.165, 1.54) is 0 Å². The number of hydrogen-bond donors (Lipinski definition) is 3. The predicted molar refractivity (Wildman–Crippen MR) is 50.1 cm³/mol. The van der Waals surface area contributed by atoms with Crippen LogP contribution in [0, 0.1) is 5.41 Å². The zero-order valence-corrected chi connectivity index (χ0v) is 9.12. The molecule has 0 saturated heterocycles. The minimum Gasteiger partial charge on any atom is -0.368 e. The van der Waals surface area contributed by atoms with Crippen molar-refractivity contribution >= 4 is 24.1 Å². The number of hydrogen-bond acceptors (Lipinski definition) is 3. The first-order chi connectivity index (χ1) is 7.39. The zero-order chi connectivity index (χ0) is 13.6. The van der Waals surface area contributed by atoms with E-state index in [1.807, 2.05) is 0 Å². The van der Waals surface area contributed by atoms with Crippen molar-refractivity contribution < 1.29 is 31.4 Å². The molecule has 0 saturated carbocycles. The summed E-state index contributed by atoms with van der Waals surface area (Å²) in [5, 5.41) is 17.7. The van der Waals surface area contributed by atoms with Crippen molar-refractivity contribution in [3.8, 4) is 0 Å². The molecular formula is C6H7ClF6N4O. The van der Waals surface area contributed by atoms with Crippen molar-refractivity contribution in [1.82, 2.24) is 5.01 Å². The Labute approximate surface area is 102 Å². The lowest BCUT2D eigenvalue weighted by molar-refractivity contribution is -0.295. The van der Waals surface area contributed by atoms with Crippen LogP contribution in [-0.4, -0.2) is 39.9 Å².